The van der Waals surface area contributed by atoms with Gasteiger partial charge in [-0.1, -0.05) is 0 Å². The Morgan fingerprint density at radius 3 is 1.85 bits per heavy atom. The number of unbranched alkanes of at least 4 members (excludes halogenated alkanes) is 4. The van der Waals surface area contributed by atoms with E-state index in [-0.39, 0.29) is 24.8 Å². The summed E-state index contributed by atoms with van der Waals surface area (Å²) in [5, 5.41) is 1.83. The van der Waals surface area contributed by atoms with Crippen LogP contribution in [0.25, 0.3) is 0 Å². The Morgan fingerprint density at radius 1 is 0.800 bits per heavy atom. The maximum atomic E-state index is 7.05. The van der Waals surface area contributed by atoms with Crippen LogP contribution in [0.2, 0.25) is 18.1 Å². The van der Waals surface area contributed by atoms with Crippen LogP contribution >= 0.6 is 24.8 Å². The molecule has 1 aliphatic carbocycles. The van der Waals surface area contributed by atoms with E-state index in [0.717, 1.165) is 5.75 Å². The molecule has 0 spiro atoms. The molecule has 1 unspecified atom stereocenters. The Balaban J connectivity index is 0.00000760. The Morgan fingerprint density at radius 2 is 1.32 bits per heavy atom. The normalized spacial score (nSPS) is 15.7. The van der Waals surface area contributed by atoms with Gasteiger partial charge in [-0.3, -0.25) is 0 Å². The first kappa shape index (κ1) is 39.9. The third kappa shape index (κ3) is 10.3. The number of benzene rings is 1. The standard InChI is InChI=1S/C21H37.C13H22OSi.CH2.2ClH.Ti/c1-5-9-13-18-17-19(14-10-6-2)21(16-12-8-4)20(18)15-11-7-3;1-10-7-11(14)9-12(8-10)15(5,6)13(2,3)4;;;;/h18H,5-16H2,1-4H3;7-9,14H,1-6H3;1H2;2*1H;/q;;;;;+1/p-1. The van der Waals surface area contributed by atoms with Crippen LogP contribution in [-0.4, -0.2) is 12.9 Å². The molecule has 0 bridgehead atoms. The van der Waals surface area contributed by atoms with Crippen LogP contribution < -0.4 is 8.51 Å². The molecule has 0 radical (unpaired) electrons. The van der Waals surface area contributed by atoms with Crippen LogP contribution in [0.15, 0.2) is 38.8 Å². The Kier molecular flexibility index (Phi) is 18.5. The van der Waals surface area contributed by atoms with Gasteiger partial charge in [-0.15, -0.1) is 24.8 Å². The SMILES string of the molecule is Cl.Cl.[CH2]=[Ti]([O]c1cc(C)cc([Si](C)(C)C(C)(C)C)c1)[C]1=C(CCCC)C(CCCC)=C(CCCC)C1CCCC. The predicted octanol–water partition coefficient (Wildman–Crippen LogP) is 11.8. The molecule has 0 N–H and O–H groups in total. The van der Waals surface area contributed by atoms with Gasteiger partial charge >= 0.3 is 246 Å². The molecule has 5 heteroatoms. The minimum absolute atomic E-state index is 0. The van der Waals surface area contributed by atoms with E-state index in [1.807, 2.05) is 0 Å². The van der Waals surface area contributed by atoms with Gasteiger partial charge in [-0.25, -0.2) is 0 Å². The molecule has 0 amide bonds. The van der Waals surface area contributed by atoms with Gasteiger partial charge in [0.25, 0.3) is 0 Å². The van der Waals surface area contributed by atoms with Crippen molar-refractivity contribution in [2.24, 2.45) is 5.92 Å². The average molecular weight is 646 g/mol. The van der Waals surface area contributed by atoms with Crippen molar-refractivity contribution in [1.82, 2.24) is 0 Å². The molecular weight excluding hydrogens is 583 g/mol. The third-order valence-electron chi connectivity index (χ3n) is 9.24. The fraction of sp³-hybridized carbons (Fsp3) is 0.686. The average Bonchev–Trinajstić information content (AvgIpc) is 3.14. The van der Waals surface area contributed by atoms with Crippen LogP contribution in [0.3, 0.4) is 0 Å². The van der Waals surface area contributed by atoms with Crippen molar-refractivity contribution in [2.75, 3.05) is 0 Å². The second-order valence-electron chi connectivity index (χ2n) is 13.3. The van der Waals surface area contributed by atoms with Crippen molar-refractivity contribution < 1.29 is 21.1 Å². The summed E-state index contributed by atoms with van der Waals surface area (Å²) in [4.78, 5) is 4.90. The van der Waals surface area contributed by atoms with Crippen molar-refractivity contribution in [1.29, 1.82) is 0 Å². The van der Waals surface area contributed by atoms with E-state index in [0.29, 0.717) is 11.0 Å². The van der Waals surface area contributed by atoms with Crippen LogP contribution in [0.5, 0.6) is 5.75 Å². The molecule has 0 fully saturated rings. The summed E-state index contributed by atoms with van der Waals surface area (Å²) < 4.78 is 8.74. The second-order valence-corrected chi connectivity index (χ2v) is 21.1. The number of hydrogen-bond donors (Lipinski definition) is 0. The second kappa shape index (κ2) is 18.5. The van der Waals surface area contributed by atoms with Crippen molar-refractivity contribution in [2.45, 2.75) is 151 Å². The first-order valence-electron chi connectivity index (χ1n) is 15.9. The van der Waals surface area contributed by atoms with Gasteiger partial charge in [-0.05, 0) is 0 Å². The number of halogens is 2. The third-order valence-corrected chi connectivity index (χ3v) is 17.4. The molecule has 40 heavy (non-hydrogen) atoms. The molecule has 230 valence electrons. The predicted molar refractivity (Wildman–Crippen MR) is 186 cm³/mol. The van der Waals surface area contributed by atoms with Crippen molar-refractivity contribution >= 4 is 42.9 Å². The first-order chi connectivity index (χ1) is 17.9. The van der Waals surface area contributed by atoms with Crippen LogP contribution in [-0.2, 0) is 17.8 Å². The van der Waals surface area contributed by atoms with E-state index in [9.17, 15) is 0 Å². The quantitative estimate of drug-likeness (QED) is 0.163. The number of aryl methyl sites for hydroxylation is 1. The van der Waals surface area contributed by atoms with Gasteiger partial charge in [-0.2, -0.15) is 0 Å². The molecule has 0 aliphatic heterocycles. The van der Waals surface area contributed by atoms with E-state index in [4.69, 9.17) is 8.14 Å². The molecule has 0 saturated heterocycles. The number of rotatable bonds is 16. The zero-order valence-corrected chi connectivity index (χ0v) is 31.9. The molecule has 0 aromatic heterocycles. The van der Waals surface area contributed by atoms with Gasteiger partial charge in [0, 0.05) is 0 Å². The van der Waals surface area contributed by atoms with Gasteiger partial charge in [0.2, 0.25) is 0 Å². The Labute approximate surface area is 269 Å². The molecule has 0 saturated carbocycles. The minimum atomic E-state index is -2.21. The fourth-order valence-electron chi connectivity index (χ4n) is 5.84. The summed E-state index contributed by atoms with van der Waals surface area (Å²) >= 11 is -2.21. The van der Waals surface area contributed by atoms with Crippen LogP contribution in [0.1, 0.15) is 131 Å². The molecule has 1 aromatic carbocycles. The number of hydrogen-bond acceptors (Lipinski definition) is 1. The molecule has 1 aliphatic rings. The summed E-state index contributed by atoms with van der Waals surface area (Å²) in [5.41, 5.74) is 6.56. The molecular formula is C35H62Cl2OSiTi. The summed E-state index contributed by atoms with van der Waals surface area (Å²) in [7, 11) is -1.64. The molecule has 1 atom stereocenters. The molecule has 0 heterocycles. The monoisotopic (exact) mass is 644 g/mol. The van der Waals surface area contributed by atoms with E-state index in [1.54, 1.807) is 20.6 Å². The molecule has 2 rings (SSSR count). The fourth-order valence-corrected chi connectivity index (χ4v) is 10.7. The summed E-state index contributed by atoms with van der Waals surface area (Å²) in [6.45, 7) is 23.9. The molecule has 1 aromatic rings. The van der Waals surface area contributed by atoms with E-state index in [1.165, 1.54) is 87.8 Å². The van der Waals surface area contributed by atoms with Gasteiger partial charge in [0.15, 0.2) is 0 Å². The summed E-state index contributed by atoms with van der Waals surface area (Å²) in [5.74, 6) is 1.68. The number of allylic oxidation sites excluding steroid dienone is 4. The Hall–Kier alpha value is -0.119. The summed E-state index contributed by atoms with van der Waals surface area (Å²) in [6.07, 6.45) is 15.3. The van der Waals surface area contributed by atoms with Crippen molar-refractivity contribution in [3.63, 3.8) is 0 Å². The van der Waals surface area contributed by atoms with Crippen molar-refractivity contribution in [3.05, 3.63) is 44.4 Å². The summed E-state index contributed by atoms with van der Waals surface area (Å²) in [6, 6.07) is 7.10. The van der Waals surface area contributed by atoms with Crippen LogP contribution in [0.4, 0.5) is 0 Å². The van der Waals surface area contributed by atoms with Gasteiger partial charge in [0.1, 0.15) is 0 Å². The van der Waals surface area contributed by atoms with Gasteiger partial charge in [0.05, 0.1) is 0 Å². The zero-order valence-electron chi connectivity index (χ0n) is 27.7. The zero-order chi connectivity index (χ0) is 28.5. The maximum absolute atomic E-state index is 7.05. The topological polar surface area (TPSA) is 9.23 Å². The van der Waals surface area contributed by atoms with E-state index >= 15 is 0 Å². The molecule has 1 nitrogen and oxygen atoms in total. The first-order valence-corrected chi connectivity index (χ1v) is 21.4. The van der Waals surface area contributed by atoms with Gasteiger partial charge < -0.3 is 0 Å². The van der Waals surface area contributed by atoms with E-state index in [2.05, 4.69) is 86.7 Å². The van der Waals surface area contributed by atoms with Crippen LogP contribution in [0, 0.1) is 12.8 Å². The van der Waals surface area contributed by atoms with E-state index < -0.39 is 25.9 Å². The van der Waals surface area contributed by atoms with Crippen molar-refractivity contribution in [3.8, 4) is 5.75 Å². The Bertz CT molecular complexity index is 1000.